The van der Waals surface area contributed by atoms with E-state index >= 15 is 0 Å². The third-order valence-corrected chi connectivity index (χ3v) is 7.03. The molecule has 0 fully saturated rings. The first kappa shape index (κ1) is 31.0. The molecule has 0 saturated heterocycles. The average molecular weight is 583 g/mol. The van der Waals surface area contributed by atoms with Crippen molar-refractivity contribution in [3.05, 3.63) is 95.6 Å². The summed E-state index contributed by atoms with van der Waals surface area (Å²) in [6, 6.07) is 23.2. The predicted octanol–water partition coefficient (Wildman–Crippen LogP) is 5.26. The SMILES string of the molecule is C[C@H](NC(=O)[C@H](CCC(N)=O)NC(=O)c1ccc(CNC(=O)OC(C)(C)C)c2ccccc12)c1cccc2ccccc12. The highest BCUT2D eigenvalue weighted by Gasteiger charge is 2.25. The summed E-state index contributed by atoms with van der Waals surface area (Å²) >= 11 is 0. The normalized spacial score (nSPS) is 12.7. The van der Waals surface area contributed by atoms with E-state index in [2.05, 4.69) is 16.0 Å². The average Bonchev–Trinajstić information content (AvgIpc) is 2.96. The van der Waals surface area contributed by atoms with Crippen LogP contribution >= 0.6 is 0 Å². The maximum atomic E-state index is 13.6. The minimum Gasteiger partial charge on any atom is -0.444 e. The van der Waals surface area contributed by atoms with Gasteiger partial charge in [-0.05, 0) is 72.9 Å². The second-order valence-electron chi connectivity index (χ2n) is 11.5. The fraction of sp³-hybridized carbons (Fsp3) is 0.294. The zero-order valence-corrected chi connectivity index (χ0v) is 24.9. The van der Waals surface area contributed by atoms with E-state index in [-0.39, 0.29) is 25.4 Å². The number of amides is 4. The Morgan fingerprint density at radius 2 is 1.47 bits per heavy atom. The molecule has 2 atom stereocenters. The number of benzene rings is 4. The van der Waals surface area contributed by atoms with E-state index in [4.69, 9.17) is 10.5 Å². The first-order valence-electron chi connectivity index (χ1n) is 14.3. The van der Waals surface area contributed by atoms with E-state index in [0.29, 0.717) is 10.9 Å². The number of fused-ring (bicyclic) bond motifs is 2. The van der Waals surface area contributed by atoms with Crippen molar-refractivity contribution in [2.75, 3.05) is 0 Å². The molecule has 0 heterocycles. The van der Waals surface area contributed by atoms with Crippen molar-refractivity contribution in [1.29, 1.82) is 0 Å². The molecule has 0 aliphatic carbocycles. The number of ether oxygens (including phenoxy) is 1. The fourth-order valence-electron chi connectivity index (χ4n) is 5.01. The standard InChI is InChI=1S/C34H38N4O5/c1-21(24-15-9-11-22-10-5-6-12-25(22)24)37-32(41)29(18-19-30(35)39)38-31(40)28-17-16-23(26-13-7-8-14-27(26)28)20-36-33(42)43-34(2,3)4/h5-17,21,29H,18-20H2,1-4H3,(H2,35,39)(H,36,42)(H,37,41)(H,38,40)/t21-,29-/m0/s1. The van der Waals surface area contributed by atoms with Gasteiger partial charge in [-0.2, -0.15) is 0 Å². The molecule has 0 unspecified atom stereocenters. The second kappa shape index (κ2) is 13.4. The van der Waals surface area contributed by atoms with Crippen LogP contribution in [-0.4, -0.2) is 35.5 Å². The Bertz CT molecular complexity index is 1650. The summed E-state index contributed by atoms with van der Waals surface area (Å²) in [5.41, 5.74) is 6.85. The first-order valence-corrected chi connectivity index (χ1v) is 14.3. The lowest BCUT2D eigenvalue weighted by Crippen LogP contribution is -2.47. The third-order valence-electron chi connectivity index (χ3n) is 7.03. The van der Waals surface area contributed by atoms with Gasteiger partial charge in [0, 0.05) is 18.5 Å². The van der Waals surface area contributed by atoms with E-state index in [1.807, 2.05) is 73.7 Å². The Morgan fingerprint density at radius 1 is 0.814 bits per heavy atom. The van der Waals surface area contributed by atoms with Crippen LogP contribution in [0.3, 0.4) is 0 Å². The molecule has 0 aromatic heterocycles. The zero-order chi connectivity index (χ0) is 31.1. The van der Waals surface area contributed by atoms with Gasteiger partial charge in [0.15, 0.2) is 0 Å². The summed E-state index contributed by atoms with van der Waals surface area (Å²) in [6.45, 7) is 7.45. The van der Waals surface area contributed by atoms with E-state index in [0.717, 1.165) is 27.3 Å². The number of carbonyl (C=O) groups is 4. The van der Waals surface area contributed by atoms with Crippen LogP contribution in [0.2, 0.25) is 0 Å². The molecule has 9 heteroatoms. The van der Waals surface area contributed by atoms with Gasteiger partial charge in [-0.25, -0.2) is 4.79 Å². The molecule has 0 aliphatic rings. The summed E-state index contributed by atoms with van der Waals surface area (Å²) in [5.74, 6) is -1.45. The van der Waals surface area contributed by atoms with Crippen LogP contribution in [0.5, 0.6) is 0 Å². The topological polar surface area (TPSA) is 140 Å². The van der Waals surface area contributed by atoms with Crippen LogP contribution in [-0.2, 0) is 20.9 Å². The molecule has 0 spiro atoms. The van der Waals surface area contributed by atoms with Gasteiger partial charge in [-0.3, -0.25) is 14.4 Å². The maximum Gasteiger partial charge on any atom is 0.407 e. The van der Waals surface area contributed by atoms with Crippen LogP contribution in [0.4, 0.5) is 4.79 Å². The molecular weight excluding hydrogens is 544 g/mol. The Morgan fingerprint density at radius 3 is 2.16 bits per heavy atom. The van der Waals surface area contributed by atoms with E-state index < -0.39 is 35.5 Å². The van der Waals surface area contributed by atoms with Crippen molar-refractivity contribution in [3.8, 4) is 0 Å². The number of primary amides is 1. The lowest BCUT2D eigenvalue weighted by molar-refractivity contribution is -0.124. The molecule has 43 heavy (non-hydrogen) atoms. The molecule has 0 radical (unpaired) electrons. The van der Waals surface area contributed by atoms with Crippen LogP contribution in [0.15, 0.2) is 78.9 Å². The van der Waals surface area contributed by atoms with Crippen LogP contribution in [0, 0.1) is 0 Å². The fourth-order valence-corrected chi connectivity index (χ4v) is 5.01. The zero-order valence-electron chi connectivity index (χ0n) is 24.9. The highest BCUT2D eigenvalue weighted by Crippen LogP contribution is 2.25. The molecule has 0 saturated carbocycles. The molecule has 5 N–H and O–H groups in total. The van der Waals surface area contributed by atoms with Gasteiger partial charge < -0.3 is 26.4 Å². The van der Waals surface area contributed by atoms with E-state index in [1.165, 1.54) is 0 Å². The van der Waals surface area contributed by atoms with E-state index in [1.54, 1.807) is 32.9 Å². The molecule has 224 valence electrons. The van der Waals surface area contributed by atoms with Crippen molar-refractivity contribution < 1.29 is 23.9 Å². The highest BCUT2D eigenvalue weighted by molar-refractivity contribution is 6.09. The number of rotatable bonds is 10. The molecular formula is C34H38N4O5. The van der Waals surface area contributed by atoms with Gasteiger partial charge in [0.2, 0.25) is 11.8 Å². The summed E-state index contributed by atoms with van der Waals surface area (Å²) in [6.07, 6.45) is -0.568. The van der Waals surface area contributed by atoms with E-state index in [9.17, 15) is 19.2 Å². The summed E-state index contributed by atoms with van der Waals surface area (Å²) in [7, 11) is 0. The minimum atomic E-state index is -0.996. The van der Waals surface area contributed by atoms with Crippen molar-refractivity contribution in [1.82, 2.24) is 16.0 Å². The number of nitrogens with two attached hydrogens (primary N) is 1. The van der Waals surface area contributed by atoms with Gasteiger partial charge in [0.25, 0.3) is 5.91 Å². The number of alkyl carbamates (subject to hydrolysis) is 1. The smallest absolute Gasteiger partial charge is 0.407 e. The Kier molecular flexibility index (Phi) is 9.65. The van der Waals surface area contributed by atoms with Crippen molar-refractivity contribution in [3.63, 3.8) is 0 Å². The molecule has 4 rings (SSSR count). The Labute approximate surface area is 251 Å². The quantitative estimate of drug-likeness (QED) is 0.202. The third kappa shape index (κ3) is 8.09. The van der Waals surface area contributed by atoms with Crippen LogP contribution in [0.1, 0.15) is 68.1 Å². The molecule has 4 aromatic rings. The highest BCUT2D eigenvalue weighted by atomic mass is 16.6. The Balaban J connectivity index is 1.54. The van der Waals surface area contributed by atoms with Gasteiger partial charge in [0.05, 0.1) is 6.04 Å². The summed E-state index contributed by atoms with van der Waals surface area (Å²) < 4.78 is 5.33. The molecule has 0 aliphatic heterocycles. The van der Waals surface area contributed by atoms with Crippen LogP contribution < -0.4 is 21.7 Å². The summed E-state index contributed by atoms with van der Waals surface area (Å²) in [5, 5.41) is 12.1. The number of hydrogen-bond donors (Lipinski definition) is 4. The molecule has 4 aromatic carbocycles. The first-order chi connectivity index (χ1) is 20.4. The molecule has 0 bridgehead atoms. The minimum absolute atomic E-state index is 0.0466. The largest absolute Gasteiger partial charge is 0.444 e. The summed E-state index contributed by atoms with van der Waals surface area (Å²) in [4.78, 5) is 50.9. The second-order valence-corrected chi connectivity index (χ2v) is 11.5. The molecule has 4 amide bonds. The number of carbonyl (C=O) groups excluding carboxylic acids is 4. The van der Waals surface area contributed by atoms with Gasteiger partial charge in [0.1, 0.15) is 11.6 Å². The van der Waals surface area contributed by atoms with Gasteiger partial charge >= 0.3 is 6.09 Å². The predicted molar refractivity (Wildman–Crippen MR) is 167 cm³/mol. The van der Waals surface area contributed by atoms with Crippen LogP contribution in [0.25, 0.3) is 21.5 Å². The number of hydrogen-bond acceptors (Lipinski definition) is 5. The number of nitrogens with one attached hydrogen (secondary N) is 3. The Hall–Kier alpha value is -4.92. The van der Waals surface area contributed by atoms with Gasteiger partial charge in [-0.15, -0.1) is 0 Å². The molecule has 9 nitrogen and oxygen atoms in total. The van der Waals surface area contributed by atoms with Crippen molar-refractivity contribution in [2.24, 2.45) is 5.73 Å². The maximum absolute atomic E-state index is 13.6. The lowest BCUT2D eigenvalue weighted by Gasteiger charge is -2.23. The van der Waals surface area contributed by atoms with Crippen molar-refractivity contribution >= 4 is 45.4 Å². The van der Waals surface area contributed by atoms with Crippen molar-refractivity contribution in [2.45, 2.75) is 64.8 Å². The van der Waals surface area contributed by atoms with Gasteiger partial charge in [-0.1, -0.05) is 72.8 Å². The monoisotopic (exact) mass is 582 g/mol. The lowest BCUT2D eigenvalue weighted by atomic mass is 9.98.